The molecule has 1 amide bonds. The van der Waals surface area contributed by atoms with Gasteiger partial charge in [0.05, 0.1) is 25.3 Å². The van der Waals surface area contributed by atoms with Gasteiger partial charge >= 0.3 is 18.0 Å². The van der Waals surface area contributed by atoms with E-state index in [0.717, 1.165) is 24.0 Å². The lowest BCUT2D eigenvalue weighted by molar-refractivity contribution is -0.0307. The molecule has 7 nitrogen and oxygen atoms in total. The van der Waals surface area contributed by atoms with Crippen LogP contribution in [0.15, 0.2) is 12.1 Å². The molecule has 1 saturated heterocycles. The number of hydrogen-bond donors (Lipinski definition) is 0. The van der Waals surface area contributed by atoms with E-state index in [1.54, 1.807) is 17.0 Å². The minimum Gasteiger partial charge on any atom is -0.465 e. The van der Waals surface area contributed by atoms with E-state index < -0.39 is 17.5 Å². The maximum Gasteiger partial charge on any atom is 0.410 e. The number of nitrogens with zero attached hydrogens (tertiary/aromatic N) is 1. The van der Waals surface area contributed by atoms with Gasteiger partial charge in [0.15, 0.2) is 0 Å². The number of amides is 1. The molecule has 7 heteroatoms. The summed E-state index contributed by atoms with van der Waals surface area (Å²) in [6, 6.07) is 3.44. The summed E-state index contributed by atoms with van der Waals surface area (Å²) in [4.78, 5) is 38.0. The number of likely N-dealkylation sites (tertiary alicyclic amines) is 1. The average molecular weight is 375 g/mol. The zero-order chi connectivity index (χ0) is 20.0. The highest BCUT2D eigenvalue weighted by Crippen LogP contribution is 2.45. The fourth-order valence-electron chi connectivity index (χ4n) is 3.89. The van der Waals surface area contributed by atoms with Crippen LogP contribution >= 0.6 is 0 Å². The van der Waals surface area contributed by atoms with Crippen molar-refractivity contribution < 1.29 is 28.6 Å². The van der Waals surface area contributed by atoms with Crippen molar-refractivity contribution in [2.24, 2.45) is 5.41 Å². The molecule has 1 spiro atoms. The van der Waals surface area contributed by atoms with Crippen LogP contribution in [0.4, 0.5) is 4.79 Å². The van der Waals surface area contributed by atoms with Crippen LogP contribution in [0.25, 0.3) is 0 Å². The Morgan fingerprint density at radius 1 is 0.926 bits per heavy atom. The van der Waals surface area contributed by atoms with E-state index in [1.165, 1.54) is 14.2 Å². The summed E-state index contributed by atoms with van der Waals surface area (Å²) in [5.41, 5.74) is 1.84. The first kappa shape index (κ1) is 19.2. The fraction of sp³-hybridized carbons (Fsp3) is 0.550. The second-order valence-electron chi connectivity index (χ2n) is 8.34. The summed E-state index contributed by atoms with van der Waals surface area (Å²) in [5.74, 6) is -1.13. The first-order valence-electron chi connectivity index (χ1n) is 8.88. The maximum absolute atomic E-state index is 12.2. The third-order valence-corrected chi connectivity index (χ3v) is 4.99. The smallest absolute Gasteiger partial charge is 0.410 e. The fourth-order valence-corrected chi connectivity index (χ4v) is 3.89. The van der Waals surface area contributed by atoms with Crippen LogP contribution in [0.2, 0.25) is 0 Å². The molecule has 1 aliphatic carbocycles. The molecule has 1 heterocycles. The molecule has 27 heavy (non-hydrogen) atoms. The number of carbonyl (C=O) groups is 3. The highest BCUT2D eigenvalue weighted by atomic mass is 16.6. The van der Waals surface area contributed by atoms with Gasteiger partial charge in [-0.3, -0.25) is 0 Å². The number of carbonyl (C=O) groups excluding carboxylic acids is 3. The van der Waals surface area contributed by atoms with Crippen molar-refractivity contribution in [1.29, 1.82) is 0 Å². The van der Waals surface area contributed by atoms with Crippen molar-refractivity contribution in [3.8, 4) is 0 Å². The van der Waals surface area contributed by atoms with E-state index in [0.29, 0.717) is 13.1 Å². The third kappa shape index (κ3) is 3.63. The predicted molar refractivity (Wildman–Crippen MR) is 96.8 cm³/mol. The Labute approximate surface area is 158 Å². The quantitative estimate of drug-likeness (QED) is 0.584. The van der Waals surface area contributed by atoms with Crippen LogP contribution < -0.4 is 0 Å². The molecule has 0 saturated carbocycles. The highest BCUT2D eigenvalue weighted by molar-refractivity contribution is 6.03. The molecule has 0 atom stereocenters. The van der Waals surface area contributed by atoms with Crippen molar-refractivity contribution in [3.63, 3.8) is 0 Å². The summed E-state index contributed by atoms with van der Waals surface area (Å²) in [6.45, 7) is 6.72. The van der Waals surface area contributed by atoms with E-state index in [4.69, 9.17) is 14.2 Å². The maximum atomic E-state index is 12.2. The molecule has 2 aliphatic rings. The first-order chi connectivity index (χ1) is 12.6. The van der Waals surface area contributed by atoms with Crippen LogP contribution in [-0.2, 0) is 27.1 Å². The molecule has 0 bridgehead atoms. The Hall–Kier alpha value is -2.57. The summed E-state index contributed by atoms with van der Waals surface area (Å²) < 4.78 is 15.0. The molecule has 146 valence electrons. The number of methoxy groups -OCH3 is 2. The largest absolute Gasteiger partial charge is 0.465 e. The van der Waals surface area contributed by atoms with Crippen LogP contribution in [0, 0.1) is 5.41 Å². The van der Waals surface area contributed by atoms with E-state index in [1.807, 2.05) is 20.8 Å². The lowest BCUT2D eigenvalue weighted by Crippen LogP contribution is -2.59. The van der Waals surface area contributed by atoms with Gasteiger partial charge in [0.1, 0.15) is 5.60 Å². The molecule has 1 fully saturated rings. The van der Waals surface area contributed by atoms with Crippen LogP contribution in [0.3, 0.4) is 0 Å². The summed E-state index contributed by atoms with van der Waals surface area (Å²) in [7, 11) is 2.56. The number of fused-ring (bicyclic) bond motifs is 1. The SMILES string of the molecule is COC(=O)c1cc2c(cc1C(=O)OC)CC1(C2)CN(C(=O)OC(C)(C)C)C1. The van der Waals surface area contributed by atoms with Gasteiger partial charge in [-0.15, -0.1) is 0 Å². The van der Waals surface area contributed by atoms with Crippen molar-refractivity contribution >= 4 is 18.0 Å². The van der Waals surface area contributed by atoms with E-state index in [9.17, 15) is 14.4 Å². The molecule has 1 aromatic rings. The molecule has 0 radical (unpaired) electrons. The van der Waals surface area contributed by atoms with Gasteiger partial charge in [-0.25, -0.2) is 14.4 Å². The minimum absolute atomic E-state index is 0.0681. The summed E-state index contributed by atoms with van der Waals surface area (Å²) in [6.07, 6.45) is 1.18. The van der Waals surface area contributed by atoms with Gasteiger partial charge in [-0.05, 0) is 56.9 Å². The lowest BCUT2D eigenvalue weighted by Gasteiger charge is -2.48. The Bertz CT molecular complexity index is 754. The number of hydrogen-bond acceptors (Lipinski definition) is 6. The number of ether oxygens (including phenoxy) is 3. The van der Waals surface area contributed by atoms with Crippen LogP contribution in [-0.4, -0.2) is 55.8 Å². The van der Waals surface area contributed by atoms with Gasteiger partial charge in [0, 0.05) is 18.5 Å². The molecule has 0 aromatic heterocycles. The molecular weight excluding hydrogens is 350 g/mol. The predicted octanol–water partition coefficient (Wildman–Crippen LogP) is 2.60. The Morgan fingerprint density at radius 2 is 1.37 bits per heavy atom. The molecule has 1 aromatic carbocycles. The van der Waals surface area contributed by atoms with Gasteiger partial charge < -0.3 is 19.1 Å². The molecule has 1 aliphatic heterocycles. The van der Waals surface area contributed by atoms with Crippen molar-refractivity contribution in [3.05, 3.63) is 34.4 Å². The summed E-state index contributed by atoms with van der Waals surface area (Å²) in [5, 5.41) is 0. The van der Waals surface area contributed by atoms with Gasteiger partial charge in [-0.2, -0.15) is 0 Å². The monoisotopic (exact) mass is 375 g/mol. The van der Waals surface area contributed by atoms with E-state index in [2.05, 4.69) is 0 Å². The minimum atomic E-state index is -0.567. The van der Waals surface area contributed by atoms with E-state index in [-0.39, 0.29) is 22.6 Å². The topological polar surface area (TPSA) is 82.1 Å². The van der Waals surface area contributed by atoms with Crippen molar-refractivity contribution in [1.82, 2.24) is 4.90 Å². The van der Waals surface area contributed by atoms with E-state index >= 15 is 0 Å². The first-order valence-corrected chi connectivity index (χ1v) is 8.88. The molecule has 3 rings (SSSR count). The van der Waals surface area contributed by atoms with Crippen molar-refractivity contribution in [2.75, 3.05) is 27.3 Å². The van der Waals surface area contributed by atoms with Gasteiger partial charge in [0.25, 0.3) is 0 Å². The summed E-state index contributed by atoms with van der Waals surface area (Å²) >= 11 is 0. The molecular formula is C20H25NO6. The molecule has 0 N–H and O–H groups in total. The second kappa shape index (κ2) is 6.55. The van der Waals surface area contributed by atoms with Gasteiger partial charge in [0.2, 0.25) is 0 Å². The second-order valence-corrected chi connectivity index (χ2v) is 8.34. The Morgan fingerprint density at radius 3 is 1.74 bits per heavy atom. The number of rotatable bonds is 2. The zero-order valence-electron chi connectivity index (χ0n) is 16.4. The number of benzene rings is 1. The standard InChI is InChI=1S/C20H25NO6/c1-19(2,3)27-18(24)21-10-20(11-21)8-12-6-14(16(22)25-4)15(17(23)26-5)7-13(12)9-20/h6-7H,8-11H2,1-5H3. The van der Waals surface area contributed by atoms with Crippen LogP contribution in [0.1, 0.15) is 52.6 Å². The lowest BCUT2D eigenvalue weighted by atomic mass is 9.77. The third-order valence-electron chi connectivity index (χ3n) is 4.99. The highest BCUT2D eigenvalue weighted by Gasteiger charge is 2.50. The Balaban J connectivity index is 1.79. The number of esters is 2. The zero-order valence-corrected chi connectivity index (χ0v) is 16.4. The Kier molecular flexibility index (Phi) is 4.66. The van der Waals surface area contributed by atoms with Gasteiger partial charge in [-0.1, -0.05) is 0 Å². The average Bonchev–Trinajstić information content (AvgIpc) is 2.95. The van der Waals surface area contributed by atoms with Crippen LogP contribution in [0.5, 0.6) is 0 Å². The molecule has 0 unspecified atom stereocenters. The normalized spacial score (nSPS) is 17.1. The van der Waals surface area contributed by atoms with Crippen molar-refractivity contribution in [2.45, 2.75) is 39.2 Å².